The number of nitrogens with zero attached hydrogens (tertiary/aromatic N) is 1. The SMILES string of the molecule is Cc1ccc(Br)c(Cc2sc(N)nc2C2CC2)c1. The molecule has 1 aromatic heterocycles. The van der Waals surface area contributed by atoms with E-state index in [1.165, 1.54) is 39.0 Å². The zero-order valence-corrected chi connectivity index (χ0v) is 12.6. The second-order valence-corrected chi connectivity index (χ2v) is 6.88. The van der Waals surface area contributed by atoms with Gasteiger partial charge in [0.1, 0.15) is 0 Å². The molecule has 18 heavy (non-hydrogen) atoms. The van der Waals surface area contributed by atoms with Crippen LogP contribution < -0.4 is 5.73 Å². The van der Waals surface area contributed by atoms with Crippen molar-refractivity contribution in [3.8, 4) is 0 Å². The Hall–Kier alpha value is -0.870. The summed E-state index contributed by atoms with van der Waals surface area (Å²) in [5.41, 5.74) is 9.71. The molecule has 1 fully saturated rings. The molecule has 0 unspecified atom stereocenters. The maximum absolute atomic E-state index is 5.86. The van der Waals surface area contributed by atoms with Crippen LogP contribution in [-0.2, 0) is 6.42 Å². The van der Waals surface area contributed by atoms with Gasteiger partial charge < -0.3 is 5.73 Å². The Kier molecular flexibility index (Phi) is 3.16. The third kappa shape index (κ3) is 2.45. The van der Waals surface area contributed by atoms with E-state index >= 15 is 0 Å². The molecule has 4 heteroatoms. The van der Waals surface area contributed by atoms with Crippen LogP contribution in [0.5, 0.6) is 0 Å². The Morgan fingerprint density at radius 1 is 1.44 bits per heavy atom. The molecule has 1 heterocycles. The molecule has 2 N–H and O–H groups in total. The van der Waals surface area contributed by atoms with Gasteiger partial charge in [0.2, 0.25) is 0 Å². The summed E-state index contributed by atoms with van der Waals surface area (Å²) >= 11 is 5.26. The Bertz CT molecular complexity index is 587. The van der Waals surface area contributed by atoms with Gasteiger partial charge in [-0.1, -0.05) is 33.6 Å². The third-order valence-electron chi connectivity index (χ3n) is 3.26. The summed E-state index contributed by atoms with van der Waals surface area (Å²) in [5.74, 6) is 0.664. The first-order valence-electron chi connectivity index (χ1n) is 6.13. The quantitative estimate of drug-likeness (QED) is 0.916. The molecular formula is C14H15BrN2S. The smallest absolute Gasteiger partial charge is 0.180 e. The van der Waals surface area contributed by atoms with Gasteiger partial charge in [-0.05, 0) is 31.4 Å². The number of nitrogen functional groups attached to an aromatic ring is 1. The molecule has 0 saturated heterocycles. The van der Waals surface area contributed by atoms with Crippen LogP contribution in [0.15, 0.2) is 22.7 Å². The molecule has 1 aromatic carbocycles. The van der Waals surface area contributed by atoms with Crippen molar-refractivity contribution in [3.63, 3.8) is 0 Å². The summed E-state index contributed by atoms with van der Waals surface area (Å²) in [6.45, 7) is 2.12. The fourth-order valence-corrected chi connectivity index (χ4v) is 3.52. The molecule has 0 atom stereocenters. The van der Waals surface area contributed by atoms with Crippen molar-refractivity contribution in [2.45, 2.75) is 32.1 Å². The van der Waals surface area contributed by atoms with E-state index in [0.717, 1.165) is 6.42 Å². The highest BCUT2D eigenvalue weighted by molar-refractivity contribution is 9.10. The van der Waals surface area contributed by atoms with Crippen molar-refractivity contribution in [1.82, 2.24) is 4.98 Å². The van der Waals surface area contributed by atoms with Crippen molar-refractivity contribution >= 4 is 32.4 Å². The lowest BCUT2D eigenvalue weighted by molar-refractivity contribution is 1.01. The van der Waals surface area contributed by atoms with Gasteiger partial charge in [-0.25, -0.2) is 4.98 Å². The minimum atomic E-state index is 0.664. The molecule has 2 nitrogen and oxygen atoms in total. The second-order valence-electron chi connectivity index (χ2n) is 4.91. The molecule has 0 bridgehead atoms. The van der Waals surface area contributed by atoms with Crippen molar-refractivity contribution in [2.24, 2.45) is 0 Å². The lowest BCUT2D eigenvalue weighted by Crippen LogP contribution is -1.93. The number of benzene rings is 1. The van der Waals surface area contributed by atoms with Crippen molar-refractivity contribution in [1.29, 1.82) is 0 Å². The molecule has 1 aliphatic rings. The number of rotatable bonds is 3. The monoisotopic (exact) mass is 322 g/mol. The zero-order chi connectivity index (χ0) is 12.7. The number of thiazole rings is 1. The highest BCUT2D eigenvalue weighted by Gasteiger charge is 2.29. The van der Waals surface area contributed by atoms with Crippen molar-refractivity contribution in [3.05, 3.63) is 44.4 Å². The standard InChI is InChI=1S/C14H15BrN2S/c1-8-2-5-11(15)10(6-8)7-12-13(9-3-4-9)17-14(16)18-12/h2,5-6,9H,3-4,7H2,1H3,(H2,16,17). The summed E-state index contributed by atoms with van der Waals surface area (Å²) in [6, 6.07) is 6.47. The van der Waals surface area contributed by atoms with Gasteiger partial charge in [-0.2, -0.15) is 0 Å². The lowest BCUT2D eigenvalue weighted by Gasteiger charge is -2.05. The van der Waals surface area contributed by atoms with Gasteiger partial charge in [-0.3, -0.25) is 0 Å². The zero-order valence-electron chi connectivity index (χ0n) is 10.2. The number of anilines is 1. The summed E-state index contributed by atoms with van der Waals surface area (Å²) in [7, 11) is 0. The van der Waals surface area contributed by atoms with Crippen LogP contribution in [0, 0.1) is 6.92 Å². The van der Waals surface area contributed by atoms with E-state index in [-0.39, 0.29) is 0 Å². The van der Waals surface area contributed by atoms with Gasteiger partial charge >= 0.3 is 0 Å². The van der Waals surface area contributed by atoms with E-state index in [9.17, 15) is 0 Å². The highest BCUT2D eigenvalue weighted by atomic mass is 79.9. The van der Waals surface area contributed by atoms with E-state index < -0.39 is 0 Å². The van der Waals surface area contributed by atoms with E-state index in [1.54, 1.807) is 11.3 Å². The van der Waals surface area contributed by atoms with E-state index in [0.29, 0.717) is 11.0 Å². The summed E-state index contributed by atoms with van der Waals surface area (Å²) < 4.78 is 1.17. The minimum absolute atomic E-state index is 0.664. The normalized spacial score (nSPS) is 15.0. The van der Waals surface area contributed by atoms with Crippen LogP contribution in [0.1, 0.15) is 40.5 Å². The fourth-order valence-electron chi connectivity index (χ4n) is 2.20. The van der Waals surface area contributed by atoms with Gasteiger partial charge in [0.05, 0.1) is 5.69 Å². The first-order chi connectivity index (χ1) is 8.63. The summed E-state index contributed by atoms with van der Waals surface area (Å²) in [4.78, 5) is 5.84. The number of hydrogen-bond donors (Lipinski definition) is 1. The number of halogens is 1. The Morgan fingerprint density at radius 2 is 2.22 bits per heavy atom. The molecule has 1 aliphatic carbocycles. The molecular weight excluding hydrogens is 308 g/mol. The van der Waals surface area contributed by atoms with Gasteiger partial charge in [-0.15, -0.1) is 11.3 Å². The molecule has 94 valence electrons. The summed E-state index contributed by atoms with van der Waals surface area (Å²) in [6.07, 6.45) is 3.47. The average Bonchev–Trinajstić information content (AvgIpc) is 3.09. The molecule has 1 saturated carbocycles. The number of nitrogens with two attached hydrogens (primary N) is 1. The Labute approximate surface area is 119 Å². The predicted octanol–water partition coefficient (Wildman–Crippen LogP) is 4.26. The largest absolute Gasteiger partial charge is 0.375 e. The van der Waals surface area contributed by atoms with Crippen molar-refractivity contribution < 1.29 is 0 Å². The number of hydrogen-bond acceptors (Lipinski definition) is 3. The summed E-state index contributed by atoms with van der Waals surface area (Å²) in [5, 5.41) is 0.704. The average molecular weight is 323 g/mol. The van der Waals surface area contributed by atoms with Crippen LogP contribution in [0.3, 0.4) is 0 Å². The fraction of sp³-hybridized carbons (Fsp3) is 0.357. The third-order valence-corrected chi connectivity index (χ3v) is 4.93. The molecule has 0 aliphatic heterocycles. The molecule has 3 rings (SSSR count). The van der Waals surface area contributed by atoms with Crippen LogP contribution in [0.25, 0.3) is 0 Å². The van der Waals surface area contributed by atoms with Crippen LogP contribution in [-0.4, -0.2) is 4.98 Å². The topological polar surface area (TPSA) is 38.9 Å². The number of aromatic nitrogens is 1. The maximum atomic E-state index is 5.86. The van der Waals surface area contributed by atoms with E-state index in [2.05, 4.69) is 46.0 Å². The first kappa shape index (κ1) is 12.2. The van der Waals surface area contributed by atoms with Crippen molar-refractivity contribution in [2.75, 3.05) is 5.73 Å². The Morgan fingerprint density at radius 3 is 2.94 bits per heavy atom. The minimum Gasteiger partial charge on any atom is -0.375 e. The van der Waals surface area contributed by atoms with Gasteiger partial charge in [0.25, 0.3) is 0 Å². The lowest BCUT2D eigenvalue weighted by atomic mass is 10.1. The highest BCUT2D eigenvalue weighted by Crippen LogP contribution is 2.44. The van der Waals surface area contributed by atoms with Gasteiger partial charge in [0.15, 0.2) is 5.13 Å². The number of aryl methyl sites for hydroxylation is 1. The van der Waals surface area contributed by atoms with Crippen LogP contribution >= 0.6 is 27.3 Å². The Balaban J connectivity index is 1.94. The molecule has 0 spiro atoms. The van der Waals surface area contributed by atoms with E-state index in [1.807, 2.05) is 0 Å². The second kappa shape index (κ2) is 4.67. The van der Waals surface area contributed by atoms with E-state index in [4.69, 9.17) is 5.73 Å². The van der Waals surface area contributed by atoms with Crippen LogP contribution in [0.2, 0.25) is 0 Å². The molecule has 0 amide bonds. The first-order valence-corrected chi connectivity index (χ1v) is 7.74. The predicted molar refractivity (Wildman–Crippen MR) is 80.2 cm³/mol. The maximum Gasteiger partial charge on any atom is 0.180 e. The van der Waals surface area contributed by atoms with Crippen LogP contribution in [0.4, 0.5) is 5.13 Å². The van der Waals surface area contributed by atoms with Gasteiger partial charge in [0, 0.05) is 21.7 Å². The molecule has 0 radical (unpaired) electrons. The molecule has 2 aromatic rings.